The predicted molar refractivity (Wildman–Crippen MR) is 75.5 cm³/mol. The minimum absolute atomic E-state index is 0.149. The SMILES string of the molecule is CCCN(CCC)S(=O)(=O)c1cnc(NCC)nc1. The monoisotopic (exact) mass is 286 g/mol. The second-order valence-corrected chi connectivity index (χ2v) is 6.11. The molecule has 0 aliphatic carbocycles. The van der Waals surface area contributed by atoms with Crippen molar-refractivity contribution in [1.29, 1.82) is 0 Å². The zero-order valence-corrected chi connectivity index (χ0v) is 12.6. The Hall–Kier alpha value is -1.21. The third-order valence-corrected chi connectivity index (χ3v) is 4.40. The highest BCUT2D eigenvalue weighted by atomic mass is 32.2. The minimum atomic E-state index is -3.48. The lowest BCUT2D eigenvalue weighted by Gasteiger charge is -2.20. The Balaban J connectivity index is 2.96. The Labute approximate surface area is 115 Å². The lowest BCUT2D eigenvalue weighted by atomic mass is 10.4. The number of nitrogens with zero attached hydrogens (tertiary/aromatic N) is 3. The van der Waals surface area contributed by atoms with E-state index in [1.807, 2.05) is 20.8 Å². The summed E-state index contributed by atoms with van der Waals surface area (Å²) in [7, 11) is -3.48. The molecule has 0 aromatic carbocycles. The molecule has 1 rings (SSSR count). The highest BCUT2D eigenvalue weighted by molar-refractivity contribution is 7.89. The molecule has 1 aromatic heterocycles. The molecule has 19 heavy (non-hydrogen) atoms. The lowest BCUT2D eigenvalue weighted by molar-refractivity contribution is 0.409. The molecular formula is C12H22N4O2S. The average Bonchev–Trinajstić information content (AvgIpc) is 2.39. The second kappa shape index (κ2) is 7.40. The van der Waals surface area contributed by atoms with Gasteiger partial charge in [-0.2, -0.15) is 4.31 Å². The van der Waals surface area contributed by atoms with E-state index < -0.39 is 10.0 Å². The highest BCUT2D eigenvalue weighted by Gasteiger charge is 2.23. The summed E-state index contributed by atoms with van der Waals surface area (Å²) in [6, 6.07) is 0. The van der Waals surface area contributed by atoms with Crippen LogP contribution in [0.1, 0.15) is 33.6 Å². The molecule has 0 atom stereocenters. The number of hydrogen-bond acceptors (Lipinski definition) is 5. The Bertz CT molecular complexity index is 467. The summed E-state index contributed by atoms with van der Waals surface area (Å²) >= 11 is 0. The Morgan fingerprint density at radius 2 is 1.63 bits per heavy atom. The van der Waals surface area contributed by atoms with Gasteiger partial charge in [0.1, 0.15) is 4.90 Å². The molecule has 0 radical (unpaired) electrons. The van der Waals surface area contributed by atoms with E-state index in [0.29, 0.717) is 25.6 Å². The van der Waals surface area contributed by atoms with E-state index in [9.17, 15) is 8.42 Å². The molecule has 0 bridgehead atoms. The smallest absolute Gasteiger partial charge is 0.246 e. The summed E-state index contributed by atoms with van der Waals surface area (Å²) in [5, 5.41) is 2.94. The molecule has 1 N–H and O–H groups in total. The number of hydrogen-bond donors (Lipinski definition) is 1. The van der Waals surface area contributed by atoms with Gasteiger partial charge in [-0.1, -0.05) is 13.8 Å². The van der Waals surface area contributed by atoms with Crippen LogP contribution in [-0.4, -0.2) is 42.3 Å². The van der Waals surface area contributed by atoms with Gasteiger partial charge in [-0.05, 0) is 19.8 Å². The van der Waals surface area contributed by atoms with E-state index in [1.165, 1.54) is 16.7 Å². The van der Waals surface area contributed by atoms with E-state index in [-0.39, 0.29) is 4.90 Å². The highest BCUT2D eigenvalue weighted by Crippen LogP contribution is 2.15. The maximum atomic E-state index is 12.4. The summed E-state index contributed by atoms with van der Waals surface area (Å²) in [6.45, 7) is 7.59. The van der Waals surface area contributed by atoms with Gasteiger partial charge < -0.3 is 5.32 Å². The van der Waals surface area contributed by atoms with Crippen LogP contribution < -0.4 is 5.32 Å². The molecule has 0 unspecified atom stereocenters. The van der Waals surface area contributed by atoms with E-state index in [1.54, 1.807) is 0 Å². The van der Waals surface area contributed by atoms with Crippen LogP contribution in [0, 0.1) is 0 Å². The van der Waals surface area contributed by atoms with Gasteiger partial charge in [0.2, 0.25) is 16.0 Å². The van der Waals surface area contributed by atoms with Crippen molar-refractivity contribution in [3.05, 3.63) is 12.4 Å². The Kier molecular flexibility index (Phi) is 6.17. The van der Waals surface area contributed by atoms with Crippen LogP contribution in [0.3, 0.4) is 0 Å². The zero-order chi connectivity index (χ0) is 14.3. The van der Waals surface area contributed by atoms with Gasteiger partial charge in [0, 0.05) is 19.6 Å². The summed E-state index contributed by atoms with van der Waals surface area (Å²) in [6.07, 6.45) is 4.29. The van der Waals surface area contributed by atoms with Crippen molar-refractivity contribution < 1.29 is 8.42 Å². The van der Waals surface area contributed by atoms with Gasteiger partial charge in [-0.25, -0.2) is 18.4 Å². The second-order valence-electron chi connectivity index (χ2n) is 4.18. The van der Waals surface area contributed by atoms with Crippen molar-refractivity contribution in [2.24, 2.45) is 0 Å². The maximum Gasteiger partial charge on any atom is 0.246 e. The fourth-order valence-electron chi connectivity index (χ4n) is 1.70. The summed E-state index contributed by atoms with van der Waals surface area (Å²) in [5.41, 5.74) is 0. The first-order valence-electron chi connectivity index (χ1n) is 6.62. The number of rotatable bonds is 8. The first kappa shape index (κ1) is 15.8. The van der Waals surface area contributed by atoms with Crippen LogP contribution in [0.15, 0.2) is 17.3 Å². The third kappa shape index (κ3) is 4.14. The molecule has 7 heteroatoms. The van der Waals surface area contributed by atoms with Crippen molar-refractivity contribution >= 4 is 16.0 Å². The summed E-state index contributed by atoms with van der Waals surface area (Å²) in [5.74, 6) is 0.444. The molecule has 0 aliphatic rings. The molecule has 6 nitrogen and oxygen atoms in total. The first-order valence-corrected chi connectivity index (χ1v) is 8.06. The van der Waals surface area contributed by atoms with Crippen LogP contribution in [-0.2, 0) is 10.0 Å². The fourth-order valence-corrected chi connectivity index (χ4v) is 3.21. The standard InChI is InChI=1S/C12H22N4O2S/c1-4-7-16(8-5-2)19(17,18)11-9-14-12(13-6-3)15-10-11/h9-10H,4-8H2,1-3H3,(H,13,14,15). The molecule has 0 saturated heterocycles. The lowest BCUT2D eigenvalue weighted by Crippen LogP contribution is -2.32. The molecule has 0 fully saturated rings. The van der Waals surface area contributed by atoms with Crippen LogP contribution in [0.2, 0.25) is 0 Å². The molecule has 0 saturated carbocycles. The van der Waals surface area contributed by atoms with Crippen LogP contribution in [0.25, 0.3) is 0 Å². The number of aromatic nitrogens is 2. The molecule has 1 heterocycles. The number of sulfonamides is 1. The van der Waals surface area contributed by atoms with Crippen molar-refractivity contribution in [1.82, 2.24) is 14.3 Å². The molecule has 0 amide bonds. The van der Waals surface area contributed by atoms with Crippen molar-refractivity contribution in [3.63, 3.8) is 0 Å². The number of nitrogens with one attached hydrogen (secondary N) is 1. The van der Waals surface area contributed by atoms with Gasteiger partial charge >= 0.3 is 0 Å². The van der Waals surface area contributed by atoms with E-state index in [2.05, 4.69) is 15.3 Å². The molecule has 0 aliphatic heterocycles. The molecule has 0 spiro atoms. The van der Waals surface area contributed by atoms with E-state index in [0.717, 1.165) is 12.8 Å². The van der Waals surface area contributed by atoms with Crippen molar-refractivity contribution in [2.75, 3.05) is 25.0 Å². The summed E-state index contributed by atoms with van der Waals surface area (Å²) in [4.78, 5) is 8.17. The van der Waals surface area contributed by atoms with Gasteiger partial charge in [0.15, 0.2) is 0 Å². The van der Waals surface area contributed by atoms with Gasteiger partial charge in [0.05, 0.1) is 12.4 Å². The third-order valence-electron chi connectivity index (χ3n) is 2.55. The first-order chi connectivity index (χ1) is 9.06. The summed E-state index contributed by atoms with van der Waals surface area (Å²) < 4.78 is 26.3. The van der Waals surface area contributed by atoms with Crippen LogP contribution >= 0.6 is 0 Å². The van der Waals surface area contributed by atoms with E-state index >= 15 is 0 Å². The Morgan fingerprint density at radius 1 is 1.11 bits per heavy atom. The quantitative estimate of drug-likeness (QED) is 0.787. The molecular weight excluding hydrogens is 264 g/mol. The van der Waals surface area contributed by atoms with Crippen LogP contribution in [0.4, 0.5) is 5.95 Å². The maximum absolute atomic E-state index is 12.4. The largest absolute Gasteiger partial charge is 0.355 e. The van der Waals surface area contributed by atoms with Crippen LogP contribution in [0.5, 0.6) is 0 Å². The molecule has 108 valence electrons. The topological polar surface area (TPSA) is 75.2 Å². The fraction of sp³-hybridized carbons (Fsp3) is 0.667. The Morgan fingerprint density at radius 3 is 2.05 bits per heavy atom. The van der Waals surface area contributed by atoms with Crippen molar-refractivity contribution in [3.8, 4) is 0 Å². The average molecular weight is 286 g/mol. The normalized spacial score (nSPS) is 11.8. The minimum Gasteiger partial charge on any atom is -0.355 e. The number of anilines is 1. The van der Waals surface area contributed by atoms with Gasteiger partial charge in [-0.3, -0.25) is 0 Å². The van der Waals surface area contributed by atoms with Gasteiger partial charge in [-0.15, -0.1) is 0 Å². The molecule has 1 aromatic rings. The zero-order valence-electron chi connectivity index (χ0n) is 11.8. The van der Waals surface area contributed by atoms with Gasteiger partial charge in [0.25, 0.3) is 0 Å². The van der Waals surface area contributed by atoms with E-state index in [4.69, 9.17) is 0 Å². The predicted octanol–water partition coefficient (Wildman–Crippen LogP) is 1.72. The van der Waals surface area contributed by atoms with Crippen molar-refractivity contribution in [2.45, 2.75) is 38.5 Å².